The summed E-state index contributed by atoms with van der Waals surface area (Å²) in [4.78, 5) is 14.2. The summed E-state index contributed by atoms with van der Waals surface area (Å²) in [5.41, 5.74) is 0.211. The molecule has 0 aliphatic carbocycles. The van der Waals surface area contributed by atoms with E-state index in [9.17, 15) is 10.1 Å². The maximum atomic E-state index is 10.9. The van der Waals surface area contributed by atoms with Gasteiger partial charge in [-0.2, -0.15) is 10.5 Å². The zero-order valence-corrected chi connectivity index (χ0v) is 11.6. The lowest BCUT2D eigenvalue weighted by Gasteiger charge is -2.07. The van der Waals surface area contributed by atoms with Gasteiger partial charge in [0.1, 0.15) is 23.5 Å². The molecule has 0 bridgehead atoms. The van der Waals surface area contributed by atoms with E-state index >= 15 is 0 Å². The van der Waals surface area contributed by atoms with Gasteiger partial charge in [-0.25, -0.2) is 4.98 Å². The summed E-state index contributed by atoms with van der Waals surface area (Å²) in [6, 6.07) is 12.7. The van der Waals surface area contributed by atoms with Crippen LogP contribution in [0.1, 0.15) is 0 Å². The third-order valence-electron chi connectivity index (χ3n) is 2.62. The first-order chi connectivity index (χ1) is 11.1. The number of anilines is 1. The van der Waals surface area contributed by atoms with Gasteiger partial charge in [-0.1, -0.05) is 6.07 Å². The van der Waals surface area contributed by atoms with Gasteiger partial charge in [-0.3, -0.25) is 10.1 Å². The number of ether oxygens (including phenoxy) is 1. The molecule has 0 unspecified atom stereocenters. The molecule has 8 heteroatoms. The molecule has 23 heavy (non-hydrogen) atoms. The minimum atomic E-state index is -0.584. The summed E-state index contributed by atoms with van der Waals surface area (Å²) in [6.07, 6.45) is 2.64. The lowest BCUT2D eigenvalue weighted by atomic mass is 10.3. The van der Waals surface area contributed by atoms with E-state index in [0.29, 0.717) is 11.4 Å². The molecule has 0 saturated carbocycles. The van der Waals surface area contributed by atoms with Gasteiger partial charge >= 0.3 is 5.69 Å². The molecule has 0 radical (unpaired) electrons. The summed E-state index contributed by atoms with van der Waals surface area (Å²) in [5.74, 6) is 0.195. The molecule has 0 saturated heterocycles. The minimum Gasteiger partial charge on any atom is -0.434 e. The third-order valence-corrected chi connectivity index (χ3v) is 2.62. The van der Waals surface area contributed by atoms with Gasteiger partial charge < -0.3 is 10.1 Å². The maximum absolute atomic E-state index is 10.9. The number of hydrogen-bond acceptors (Lipinski definition) is 7. The number of nitrogens with zero attached hydrogens (tertiary/aromatic N) is 4. The largest absolute Gasteiger partial charge is 0.434 e. The molecule has 0 spiro atoms. The predicted octanol–water partition coefficient (Wildman–Crippen LogP) is 3.13. The van der Waals surface area contributed by atoms with E-state index in [1.807, 2.05) is 0 Å². The summed E-state index contributed by atoms with van der Waals surface area (Å²) in [6.45, 7) is 0. The molecule has 1 N–H and O–H groups in total. The highest BCUT2D eigenvalue weighted by atomic mass is 16.6. The first-order valence-electron chi connectivity index (χ1n) is 6.28. The first kappa shape index (κ1) is 15.5. The molecule has 2 aromatic rings. The van der Waals surface area contributed by atoms with E-state index in [2.05, 4.69) is 10.3 Å². The number of rotatable bonds is 5. The highest BCUT2D eigenvalue weighted by Gasteiger charge is 2.16. The van der Waals surface area contributed by atoms with Crippen molar-refractivity contribution in [3.05, 3.63) is 64.5 Å². The van der Waals surface area contributed by atoms with E-state index in [1.165, 1.54) is 24.5 Å². The van der Waals surface area contributed by atoms with Crippen LogP contribution in [0, 0.1) is 32.8 Å². The maximum Gasteiger partial charge on any atom is 0.331 e. The van der Waals surface area contributed by atoms with Crippen LogP contribution in [0.4, 0.5) is 11.4 Å². The summed E-state index contributed by atoms with van der Waals surface area (Å²) in [5, 5.41) is 31.0. The van der Waals surface area contributed by atoms with Crippen molar-refractivity contribution in [3.63, 3.8) is 0 Å². The number of pyridine rings is 1. The second-order valence-electron chi connectivity index (χ2n) is 4.14. The van der Waals surface area contributed by atoms with Crippen LogP contribution in [-0.2, 0) is 0 Å². The van der Waals surface area contributed by atoms with Crippen molar-refractivity contribution in [2.24, 2.45) is 0 Å². The highest BCUT2D eigenvalue weighted by molar-refractivity contribution is 5.53. The Labute approximate surface area is 131 Å². The molecule has 0 atom stereocenters. The molecular weight excluding hydrogens is 298 g/mol. The molecule has 2 rings (SSSR count). The number of nitro groups is 1. The first-order valence-corrected chi connectivity index (χ1v) is 6.28. The zero-order valence-electron chi connectivity index (χ0n) is 11.6. The number of hydrogen-bond donors (Lipinski definition) is 1. The fourth-order valence-electron chi connectivity index (χ4n) is 1.61. The molecule has 0 fully saturated rings. The Morgan fingerprint density at radius 2 is 2.09 bits per heavy atom. The van der Waals surface area contributed by atoms with Gasteiger partial charge in [0.15, 0.2) is 0 Å². The highest BCUT2D eigenvalue weighted by Crippen LogP contribution is 2.29. The van der Waals surface area contributed by atoms with E-state index < -0.39 is 4.92 Å². The Hall–Kier alpha value is -3.91. The molecule has 0 aliphatic rings. The molecule has 0 aliphatic heterocycles. The van der Waals surface area contributed by atoms with Crippen LogP contribution in [0.5, 0.6) is 11.6 Å². The van der Waals surface area contributed by atoms with Gasteiger partial charge in [0.05, 0.1) is 4.92 Å². The van der Waals surface area contributed by atoms with Crippen LogP contribution in [0.25, 0.3) is 0 Å². The second kappa shape index (κ2) is 7.20. The summed E-state index contributed by atoms with van der Waals surface area (Å²) < 4.78 is 5.43. The average Bonchev–Trinajstić information content (AvgIpc) is 2.56. The fourth-order valence-corrected chi connectivity index (χ4v) is 1.61. The Bertz CT molecular complexity index is 833. The van der Waals surface area contributed by atoms with Crippen molar-refractivity contribution < 1.29 is 9.66 Å². The lowest BCUT2D eigenvalue weighted by molar-refractivity contribution is -0.386. The Balaban J connectivity index is 2.22. The molecule has 8 nitrogen and oxygen atoms in total. The van der Waals surface area contributed by atoms with Gasteiger partial charge in [-0.05, 0) is 18.2 Å². The van der Waals surface area contributed by atoms with Crippen LogP contribution in [0.2, 0.25) is 0 Å². The average molecular weight is 307 g/mol. The van der Waals surface area contributed by atoms with Crippen molar-refractivity contribution >= 4 is 11.4 Å². The minimum absolute atomic E-state index is 0.0864. The van der Waals surface area contributed by atoms with Crippen molar-refractivity contribution in [1.82, 2.24) is 4.98 Å². The Morgan fingerprint density at radius 3 is 2.78 bits per heavy atom. The van der Waals surface area contributed by atoms with E-state index in [1.54, 1.807) is 36.4 Å². The van der Waals surface area contributed by atoms with Crippen molar-refractivity contribution in [2.45, 2.75) is 0 Å². The van der Waals surface area contributed by atoms with Gasteiger partial charge in [0.25, 0.3) is 5.88 Å². The molecule has 0 amide bonds. The number of benzene rings is 1. The van der Waals surface area contributed by atoms with Crippen LogP contribution >= 0.6 is 0 Å². The zero-order chi connectivity index (χ0) is 16.7. The number of nitriles is 2. The topological polar surface area (TPSA) is 125 Å². The quantitative estimate of drug-likeness (QED) is 0.511. The third kappa shape index (κ3) is 4.03. The van der Waals surface area contributed by atoms with Gasteiger partial charge in [0, 0.05) is 30.2 Å². The Kier molecular flexibility index (Phi) is 4.85. The van der Waals surface area contributed by atoms with E-state index in [-0.39, 0.29) is 17.1 Å². The molecule has 1 aromatic heterocycles. The lowest BCUT2D eigenvalue weighted by Crippen LogP contribution is -1.96. The fraction of sp³-hybridized carbons (Fsp3) is 0. The Morgan fingerprint density at radius 1 is 1.30 bits per heavy atom. The monoisotopic (exact) mass is 307 g/mol. The molecule has 1 heterocycles. The van der Waals surface area contributed by atoms with Crippen LogP contribution in [-0.4, -0.2) is 9.91 Å². The standard InChI is InChI=1S/C15H9N5O3/c16-8-11(9-17)10-19-12-3-1-4-13(7-12)23-15-14(20(21)22)5-2-6-18-15/h1-7,10,19H. The van der Waals surface area contributed by atoms with Crippen LogP contribution in [0.3, 0.4) is 0 Å². The normalized spacial score (nSPS) is 9.13. The summed E-state index contributed by atoms with van der Waals surface area (Å²) in [7, 11) is 0. The second-order valence-corrected chi connectivity index (χ2v) is 4.14. The van der Waals surface area contributed by atoms with E-state index in [0.717, 1.165) is 0 Å². The molecular formula is C15H9N5O3. The van der Waals surface area contributed by atoms with Crippen molar-refractivity contribution in [3.8, 4) is 23.8 Å². The van der Waals surface area contributed by atoms with Gasteiger partial charge in [-0.15, -0.1) is 0 Å². The predicted molar refractivity (Wildman–Crippen MR) is 80.3 cm³/mol. The number of nitrogens with one attached hydrogen (secondary N) is 1. The van der Waals surface area contributed by atoms with Crippen LogP contribution in [0.15, 0.2) is 54.4 Å². The van der Waals surface area contributed by atoms with Crippen molar-refractivity contribution in [2.75, 3.05) is 5.32 Å². The number of allylic oxidation sites excluding steroid dienone is 1. The van der Waals surface area contributed by atoms with Gasteiger partial charge in [0.2, 0.25) is 0 Å². The summed E-state index contributed by atoms with van der Waals surface area (Å²) >= 11 is 0. The molecule has 1 aromatic carbocycles. The number of aromatic nitrogens is 1. The smallest absolute Gasteiger partial charge is 0.331 e. The van der Waals surface area contributed by atoms with E-state index in [4.69, 9.17) is 15.3 Å². The molecule has 112 valence electrons. The van der Waals surface area contributed by atoms with Crippen molar-refractivity contribution in [1.29, 1.82) is 10.5 Å². The van der Waals surface area contributed by atoms with Crippen LogP contribution < -0.4 is 10.1 Å². The SMILES string of the molecule is N#CC(C#N)=CNc1cccc(Oc2ncccc2[N+](=O)[O-])c1.